The highest BCUT2D eigenvalue weighted by atomic mass is 16.4. The number of aliphatic carboxylic acids is 1. The van der Waals surface area contributed by atoms with Crippen molar-refractivity contribution in [1.29, 1.82) is 0 Å². The Hall–Kier alpha value is -0.830. The van der Waals surface area contributed by atoms with Crippen LogP contribution in [-0.2, 0) is 4.79 Å². The lowest BCUT2D eigenvalue weighted by molar-refractivity contribution is -0.133. The molecule has 1 aliphatic heterocycles. The second kappa shape index (κ2) is 4.60. The zero-order valence-corrected chi connectivity index (χ0v) is 8.99. The largest absolute Gasteiger partial charge is 0.478 e. The van der Waals surface area contributed by atoms with Crippen LogP contribution in [0, 0.1) is 5.92 Å². The van der Waals surface area contributed by atoms with Crippen LogP contribution in [0.25, 0.3) is 0 Å². The Morgan fingerprint density at radius 1 is 1.57 bits per heavy atom. The van der Waals surface area contributed by atoms with E-state index in [-0.39, 0.29) is 5.92 Å². The predicted molar refractivity (Wildman–Crippen MR) is 56.2 cm³/mol. The average molecular weight is 197 g/mol. The van der Waals surface area contributed by atoms with E-state index in [1.165, 1.54) is 0 Å². The summed E-state index contributed by atoms with van der Waals surface area (Å²) < 4.78 is 0. The van der Waals surface area contributed by atoms with Crippen LogP contribution in [0.4, 0.5) is 0 Å². The summed E-state index contributed by atoms with van der Waals surface area (Å²) in [6.45, 7) is 9.87. The zero-order valence-electron chi connectivity index (χ0n) is 8.99. The van der Waals surface area contributed by atoms with Crippen molar-refractivity contribution < 1.29 is 9.90 Å². The highest BCUT2D eigenvalue weighted by Gasteiger charge is 2.26. The molecule has 0 aromatic carbocycles. The van der Waals surface area contributed by atoms with Gasteiger partial charge < -0.3 is 10.0 Å². The van der Waals surface area contributed by atoms with Gasteiger partial charge in [0.2, 0.25) is 0 Å². The van der Waals surface area contributed by atoms with Crippen molar-refractivity contribution in [2.45, 2.75) is 32.7 Å². The van der Waals surface area contributed by atoms with Gasteiger partial charge in [0.1, 0.15) is 0 Å². The van der Waals surface area contributed by atoms with E-state index in [0.717, 1.165) is 25.9 Å². The van der Waals surface area contributed by atoms with E-state index in [4.69, 9.17) is 5.11 Å². The maximum Gasteiger partial charge on any atom is 0.331 e. The molecule has 0 radical (unpaired) electrons. The third-order valence-electron chi connectivity index (χ3n) is 2.95. The fourth-order valence-electron chi connectivity index (χ4n) is 1.93. The van der Waals surface area contributed by atoms with Crippen molar-refractivity contribution in [2.24, 2.45) is 5.92 Å². The molecular formula is C11H19NO2. The molecule has 14 heavy (non-hydrogen) atoms. The molecule has 3 heteroatoms. The summed E-state index contributed by atoms with van der Waals surface area (Å²) in [6.07, 6.45) is 2.05. The number of piperidine rings is 1. The molecule has 1 fully saturated rings. The van der Waals surface area contributed by atoms with Crippen LogP contribution in [0.2, 0.25) is 0 Å². The molecule has 0 saturated carbocycles. The number of hydrogen-bond donors (Lipinski definition) is 1. The number of likely N-dealkylation sites (tertiary alicyclic amines) is 1. The molecule has 1 N–H and O–H groups in total. The first-order valence-electron chi connectivity index (χ1n) is 5.18. The van der Waals surface area contributed by atoms with Gasteiger partial charge in [0.25, 0.3) is 0 Å². The van der Waals surface area contributed by atoms with Crippen LogP contribution in [0.3, 0.4) is 0 Å². The second-order valence-corrected chi connectivity index (χ2v) is 4.26. The van der Waals surface area contributed by atoms with Gasteiger partial charge in [0.15, 0.2) is 0 Å². The summed E-state index contributed by atoms with van der Waals surface area (Å²) in [6, 6.07) is 0.499. The van der Waals surface area contributed by atoms with Crippen LogP contribution < -0.4 is 0 Å². The Bertz CT molecular complexity index is 235. The molecule has 0 aromatic rings. The van der Waals surface area contributed by atoms with Crippen LogP contribution in [-0.4, -0.2) is 35.1 Å². The van der Waals surface area contributed by atoms with Crippen molar-refractivity contribution in [2.75, 3.05) is 13.1 Å². The summed E-state index contributed by atoms with van der Waals surface area (Å²) in [4.78, 5) is 13.1. The molecular weight excluding hydrogens is 178 g/mol. The summed E-state index contributed by atoms with van der Waals surface area (Å²) in [7, 11) is 0. The SMILES string of the molecule is C=C(C(=O)O)C1CCCN(C(C)C)C1. The van der Waals surface area contributed by atoms with Crippen LogP contribution in [0.5, 0.6) is 0 Å². The Morgan fingerprint density at radius 2 is 2.21 bits per heavy atom. The monoisotopic (exact) mass is 197 g/mol. The predicted octanol–water partition coefficient (Wildman–Crippen LogP) is 1.75. The minimum atomic E-state index is -0.847. The van der Waals surface area contributed by atoms with Crippen molar-refractivity contribution in [3.8, 4) is 0 Å². The van der Waals surface area contributed by atoms with E-state index >= 15 is 0 Å². The number of nitrogens with zero attached hydrogens (tertiary/aromatic N) is 1. The first-order valence-corrected chi connectivity index (χ1v) is 5.18. The highest BCUT2D eigenvalue weighted by Crippen LogP contribution is 2.23. The third-order valence-corrected chi connectivity index (χ3v) is 2.95. The van der Waals surface area contributed by atoms with E-state index in [9.17, 15) is 4.79 Å². The topological polar surface area (TPSA) is 40.5 Å². The van der Waals surface area contributed by atoms with Gasteiger partial charge in [-0.3, -0.25) is 0 Å². The number of hydrogen-bond acceptors (Lipinski definition) is 2. The molecule has 1 aliphatic rings. The quantitative estimate of drug-likeness (QED) is 0.701. The molecule has 80 valence electrons. The van der Waals surface area contributed by atoms with Crippen LogP contribution in [0.15, 0.2) is 12.2 Å². The van der Waals surface area contributed by atoms with Crippen molar-refractivity contribution >= 4 is 5.97 Å². The first-order chi connectivity index (χ1) is 6.52. The van der Waals surface area contributed by atoms with E-state index in [1.54, 1.807) is 0 Å². The van der Waals surface area contributed by atoms with Gasteiger partial charge in [0.05, 0.1) is 0 Å². The smallest absolute Gasteiger partial charge is 0.331 e. The van der Waals surface area contributed by atoms with E-state index in [2.05, 4.69) is 25.3 Å². The van der Waals surface area contributed by atoms with Gasteiger partial charge >= 0.3 is 5.97 Å². The Balaban J connectivity index is 2.56. The lowest BCUT2D eigenvalue weighted by atomic mass is 9.90. The summed E-state index contributed by atoms with van der Waals surface area (Å²) in [5, 5.41) is 8.84. The van der Waals surface area contributed by atoms with E-state index < -0.39 is 5.97 Å². The average Bonchev–Trinajstić information content (AvgIpc) is 2.16. The molecule has 0 aliphatic carbocycles. The van der Waals surface area contributed by atoms with E-state index in [1.807, 2.05) is 0 Å². The van der Waals surface area contributed by atoms with Crippen molar-refractivity contribution in [3.05, 3.63) is 12.2 Å². The number of rotatable bonds is 3. The number of carboxylic acid groups (broad SMARTS) is 1. The maximum atomic E-state index is 10.8. The fourth-order valence-corrected chi connectivity index (χ4v) is 1.93. The molecule has 1 rings (SSSR count). The van der Waals surface area contributed by atoms with Crippen LogP contribution >= 0.6 is 0 Å². The highest BCUT2D eigenvalue weighted by molar-refractivity contribution is 5.86. The second-order valence-electron chi connectivity index (χ2n) is 4.26. The fraction of sp³-hybridized carbons (Fsp3) is 0.727. The third kappa shape index (κ3) is 2.58. The van der Waals surface area contributed by atoms with Gasteiger partial charge in [-0.25, -0.2) is 4.79 Å². The van der Waals surface area contributed by atoms with Crippen molar-refractivity contribution in [1.82, 2.24) is 4.90 Å². The Morgan fingerprint density at radius 3 is 2.71 bits per heavy atom. The first kappa shape index (κ1) is 11.2. The molecule has 1 saturated heterocycles. The summed E-state index contributed by atoms with van der Waals surface area (Å²) in [5.41, 5.74) is 0.371. The van der Waals surface area contributed by atoms with E-state index in [0.29, 0.717) is 11.6 Å². The van der Waals surface area contributed by atoms with Crippen LogP contribution in [0.1, 0.15) is 26.7 Å². The summed E-state index contributed by atoms with van der Waals surface area (Å²) >= 11 is 0. The van der Waals surface area contributed by atoms with Crippen molar-refractivity contribution in [3.63, 3.8) is 0 Å². The number of carboxylic acids is 1. The lowest BCUT2D eigenvalue weighted by Gasteiger charge is -2.35. The number of carbonyl (C=O) groups is 1. The molecule has 0 spiro atoms. The standard InChI is InChI=1S/C11H19NO2/c1-8(2)12-6-4-5-10(7-12)9(3)11(13)14/h8,10H,3-7H2,1-2H3,(H,13,14). The van der Waals surface area contributed by atoms with Gasteiger partial charge in [-0.2, -0.15) is 0 Å². The molecule has 3 nitrogen and oxygen atoms in total. The molecule has 0 amide bonds. The normalized spacial score (nSPS) is 23.8. The van der Waals surface area contributed by atoms with Gasteiger partial charge in [-0.15, -0.1) is 0 Å². The molecule has 1 unspecified atom stereocenters. The van der Waals surface area contributed by atoms with Gasteiger partial charge in [0, 0.05) is 24.1 Å². The Labute approximate surface area is 85.4 Å². The Kier molecular flexibility index (Phi) is 3.69. The lowest BCUT2D eigenvalue weighted by Crippen LogP contribution is -2.41. The molecule has 1 atom stereocenters. The van der Waals surface area contributed by atoms with Gasteiger partial charge in [-0.1, -0.05) is 6.58 Å². The molecule has 0 aromatic heterocycles. The summed E-state index contributed by atoms with van der Waals surface area (Å²) in [5.74, 6) is -0.704. The zero-order chi connectivity index (χ0) is 10.7. The van der Waals surface area contributed by atoms with Gasteiger partial charge in [-0.05, 0) is 33.2 Å². The minimum Gasteiger partial charge on any atom is -0.478 e. The minimum absolute atomic E-state index is 0.142. The molecule has 0 bridgehead atoms. The maximum absolute atomic E-state index is 10.8. The molecule has 1 heterocycles.